The SMILES string of the molecule is CC.CCCCNc1cc(C)nc(CC)c1. The minimum atomic E-state index is 1.00. The lowest BCUT2D eigenvalue weighted by Crippen LogP contribution is -2.02. The minimum Gasteiger partial charge on any atom is -0.385 e. The molecule has 0 aliphatic heterocycles. The number of rotatable bonds is 5. The van der Waals surface area contributed by atoms with Gasteiger partial charge in [0.25, 0.3) is 0 Å². The first kappa shape index (κ1) is 14.9. The van der Waals surface area contributed by atoms with Gasteiger partial charge in [0.15, 0.2) is 0 Å². The Morgan fingerprint density at radius 3 is 2.44 bits per heavy atom. The molecule has 0 bridgehead atoms. The molecule has 0 amide bonds. The third-order valence-corrected chi connectivity index (χ3v) is 2.23. The van der Waals surface area contributed by atoms with E-state index in [0.29, 0.717) is 0 Å². The maximum atomic E-state index is 4.44. The van der Waals surface area contributed by atoms with Crippen LogP contribution in [-0.2, 0) is 6.42 Å². The second kappa shape index (κ2) is 9.20. The van der Waals surface area contributed by atoms with E-state index < -0.39 is 0 Å². The van der Waals surface area contributed by atoms with Crippen LogP contribution in [0.4, 0.5) is 5.69 Å². The van der Waals surface area contributed by atoms with Crippen molar-refractivity contribution in [2.24, 2.45) is 0 Å². The van der Waals surface area contributed by atoms with E-state index in [4.69, 9.17) is 0 Å². The van der Waals surface area contributed by atoms with Crippen LogP contribution >= 0.6 is 0 Å². The van der Waals surface area contributed by atoms with Gasteiger partial charge >= 0.3 is 0 Å². The molecule has 0 aromatic carbocycles. The Kier molecular flexibility index (Phi) is 8.59. The summed E-state index contributed by atoms with van der Waals surface area (Å²) in [7, 11) is 0. The van der Waals surface area contributed by atoms with Crippen molar-refractivity contribution < 1.29 is 0 Å². The van der Waals surface area contributed by atoms with Gasteiger partial charge in [-0.2, -0.15) is 0 Å². The second-order valence-corrected chi connectivity index (χ2v) is 3.62. The van der Waals surface area contributed by atoms with Gasteiger partial charge in [-0.25, -0.2) is 0 Å². The number of anilines is 1. The summed E-state index contributed by atoms with van der Waals surface area (Å²) in [6, 6.07) is 4.25. The number of nitrogens with zero attached hydrogens (tertiary/aromatic N) is 1. The van der Waals surface area contributed by atoms with Gasteiger partial charge in [0.2, 0.25) is 0 Å². The molecule has 0 saturated heterocycles. The third-order valence-electron chi connectivity index (χ3n) is 2.23. The first-order valence-corrected chi connectivity index (χ1v) is 6.47. The highest BCUT2D eigenvalue weighted by atomic mass is 14.9. The second-order valence-electron chi connectivity index (χ2n) is 3.62. The van der Waals surface area contributed by atoms with Crippen LogP contribution in [-0.4, -0.2) is 11.5 Å². The van der Waals surface area contributed by atoms with Crippen molar-refractivity contribution in [2.75, 3.05) is 11.9 Å². The highest BCUT2D eigenvalue weighted by Gasteiger charge is 1.97. The minimum absolute atomic E-state index is 1.00. The predicted molar refractivity (Wildman–Crippen MR) is 73.1 cm³/mol. The number of unbranched alkanes of at least 4 members (excludes halogenated alkanes) is 1. The third kappa shape index (κ3) is 5.74. The van der Waals surface area contributed by atoms with Crippen LogP contribution in [0.25, 0.3) is 0 Å². The maximum absolute atomic E-state index is 4.44. The Labute approximate surface area is 100 Å². The summed E-state index contributed by atoms with van der Waals surface area (Å²) in [6.07, 6.45) is 3.46. The zero-order valence-corrected chi connectivity index (χ0v) is 11.4. The molecule has 0 saturated carbocycles. The molecule has 0 atom stereocenters. The summed E-state index contributed by atoms with van der Waals surface area (Å²) in [5.74, 6) is 0. The van der Waals surface area contributed by atoms with Crippen molar-refractivity contribution in [2.45, 2.75) is 53.9 Å². The fourth-order valence-corrected chi connectivity index (χ4v) is 1.43. The van der Waals surface area contributed by atoms with E-state index in [-0.39, 0.29) is 0 Å². The quantitative estimate of drug-likeness (QED) is 0.756. The molecule has 1 aromatic heterocycles. The van der Waals surface area contributed by atoms with Gasteiger partial charge < -0.3 is 5.32 Å². The van der Waals surface area contributed by atoms with E-state index in [0.717, 1.165) is 18.7 Å². The summed E-state index contributed by atoms with van der Waals surface area (Å²) in [5, 5.41) is 3.42. The Morgan fingerprint density at radius 2 is 1.88 bits per heavy atom. The van der Waals surface area contributed by atoms with Crippen molar-refractivity contribution in [1.82, 2.24) is 4.98 Å². The largest absolute Gasteiger partial charge is 0.385 e. The molecule has 1 aromatic rings. The predicted octanol–water partition coefficient (Wildman–Crippen LogP) is 4.19. The molecular weight excluding hydrogens is 196 g/mol. The average molecular weight is 222 g/mol. The van der Waals surface area contributed by atoms with E-state index >= 15 is 0 Å². The Bertz CT molecular complexity index is 282. The molecule has 92 valence electrons. The number of hydrogen-bond acceptors (Lipinski definition) is 2. The maximum Gasteiger partial charge on any atom is 0.0424 e. The van der Waals surface area contributed by atoms with Crippen LogP contribution in [0.15, 0.2) is 12.1 Å². The van der Waals surface area contributed by atoms with Crippen LogP contribution in [0.1, 0.15) is 51.9 Å². The van der Waals surface area contributed by atoms with E-state index in [9.17, 15) is 0 Å². The van der Waals surface area contributed by atoms with Gasteiger partial charge in [0, 0.05) is 23.6 Å². The molecule has 16 heavy (non-hydrogen) atoms. The molecule has 0 aliphatic rings. The summed E-state index contributed by atoms with van der Waals surface area (Å²) in [4.78, 5) is 4.44. The van der Waals surface area contributed by atoms with Crippen molar-refractivity contribution >= 4 is 5.69 Å². The molecule has 1 heterocycles. The molecule has 0 unspecified atom stereocenters. The summed E-state index contributed by atoms with van der Waals surface area (Å²) >= 11 is 0. The topological polar surface area (TPSA) is 24.9 Å². The lowest BCUT2D eigenvalue weighted by molar-refractivity contribution is 0.833. The molecule has 0 fully saturated rings. The molecule has 0 radical (unpaired) electrons. The van der Waals surface area contributed by atoms with Gasteiger partial charge in [-0.1, -0.05) is 34.1 Å². The standard InChI is InChI=1S/C12H20N2.C2H6/c1-4-6-7-13-12-8-10(3)14-11(5-2)9-12;1-2/h8-9H,4-7H2,1-3H3,(H,13,14);1-2H3. The Hall–Kier alpha value is -1.05. The molecule has 1 N–H and O–H groups in total. The fourth-order valence-electron chi connectivity index (χ4n) is 1.43. The van der Waals surface area contributed by atoms with Crippen molar-refractivity contribution in [1.29, 1.82) is 0 Å². The lowest BCUT2D eigenvalue weighted by Gasteiger charge is -2.07. The Morgan fingerprint density at radius 1 is 1.19 bits per heavy atom. The first-order valence-electron chi connectivity index (χ1n) is 6.47. The molecule has 0 aliphatic carbocycles. The highest BCUT2D eigenvalue weighted by Crippen LogP contribution is 2.11. The zero-order valence-electron chi connectivity index (χ0n) is 11.4. The Balaban J connectivity index is 0.00000106. The van der Waals surface area contributed by atoms with E-state index in [1.807, 2.05) is 20.8 Å². The smallest absolute Gasteiger partial charge is 0.0424 e. The monoisotopic (exact) mass is 222 g/mol. The molecule has 2 nitrogen and oxygen atoms in total. The number of aromatic nitrogens is 1. The summed E-state index contributed by atoms with van der Waals surface area (Å²) < 4.78 is 0. The van der Waals surface area contributed by atoms with E-state index in [2.05, 4.69) is 36.3 Å². The van der Waals surface area contributed by atoms with Crippen LogP contribution in [0.3, 0.4) is 0 Å². The highest BCUT2D eigenvalue weighted by molar-refractivity contribution is 5.45. The normalized spacial score (nSPS) is 9.31. The zero-order chi connectivity index (χ0) is 12.4. The van der Waals surface area contributed by atoms with Gasteiger partial charge in [-0.3, -0.25) is 4.98 Å². The average Bonchev–Trinajstić information content (AvgIpc) is 2.31. The number of hydrogen-bond donors (Lipinski definition) is 1. The van der Waals surface area contributed by atoms with Gasteiger partial charge in [0.05, 0.1) is 0 Å². The molecular formula is C14H26N2. The van der Waals surface area contributed by atoms with E-state index in [1.54, 1.807) is 0 Å². The van der Waals surface area contributed by atoms with Crippen molar-refractivity contribution in [3.05, 3.63) is 23.5 Å². The summed E-state index contributed by atoms with van der Waals surface area (Å²) in [5.41, 5.74) is 3.48. The number of pyridine rings is 1. The van der Waals surface area contributed by atoms with E-state index in [1.165, 1.54) is 24.2 Å². The molecule has 1 rings (SSSR count). The molecule has 0 spiro atoms. The van der Waals surface area contributed by atoms with Crippen molar-refractivity contribution in [3.8, 4) is 0 Å². The lowest BCUT2D eigenvalue weighted by atomic mass is 10.2. The van der Waals surface area contributed by atoms with Crippen LogP contribution in [0.5, 0.6) is 0 Å². The van der Waals surface area contributed by atoms with Gasteiger partial charge in [-0.05, 0) is 31.9 Å². The number of aryl methyl sites for hydroxylation is 2. The van der Waals surface area contributed by atoms with Crippen LogP contribution < -0.4 is 5.32 Å². The van der Waals surface area contributed by atoms with Crippen LogP contribution in [0, 0.1) is 6.92 Å². The number of nitrogens with one attached hydrogen (secondary N) is 1. The van der Waals surface area contributed by atoms with Gasteiger partial charge in [0.1, 0.15) is 0 Å². The van der Waals surface area contributed by atoms with Crippen molar-refractivity contribution in [3.63, 3.8) is 0 Å². The van der Waals surface area contributed by atoms with Crippen LogP contribution in [0.2, 0.25) is 0 Å². The molecule has 2 heteroatoms. The summed E-state index contributed by atoms with van der Waals surface area (Å²) in [6.45, 7) is 11.4. The first-order chi connectivity index (χ1) is 7.76. The fraction of sp³-hybridized carbons (Fsp3) is 0.643. The van der Waals surface area contributed by atoms with Gasteiger partial charge in [-0.15, -0.1) is 0 Å².